The van der Waals surface area contributed by atoms with E-state index < -0.39 is 11.5 Å². The van der Waals surface area contributed by atoms with Gasteiger partial charge in [0.25, 0.3) is 0 Å². The average molecular weight is 472 g/mol. The Morgan fingerprint density at radius 1 is 1.36 bits per heavy atom. The summed E-state index contributed by atoms with van der Waals surface area (Å²) in [5, 5.41) is 10.9. The number of aryl methyl sites for hydroxylation is 1. The molecule has 172 valence electrons. The number of hydrogen-bond acceptors (Lipinski definition) is 6. The number of nitrogens with zero attached hydrogens (tertiary/aromatic N) is 5. The number of benzene rings is 1. The molecule has 1 fully saturated rings. The molecule has 1 atom stereocenters. The number of phenolic OH excluding ortho intramolecular Hbond substituents is 1. The molecule has 0 bridgehead atoms. The van der Waals surface area contributed by atoms with Crippen molar-refractivity contribution in [2.75, 3.05) is 24.5 Å². The Morgan fingerprint density at radius 2 is 2.12 bits per heavy atom. The maximum atomic E-state index is 14.5. The normalized spacial score (nSPS) is 16.3. The van der Waals surface area contributed by atoms with Crippen molar-refractivity contribution in [2.45, 2.75) is 26.4 Å². The Balaban J connectivity index is 1.90. The molecule has 10 heteroatoms. The summed E-state index contributed by atoms with van der Waals surface area (Å²) in [5.74, 6) is -0.739. The lowest BCUT2D eigenvalue weighted by molar-refractivity contribution is -0.126. The van der Waals surface area contributed by atoms with E-state index in [0.717, 1.165) is 0 Å². The van der Waals surface area contributed by atoms with E-state index in [9.17, 15) is 19.1 Å². The van der Waals surface area contributed by atoms with Crippen LogP contribution in [-0.4, -0.2) is 56.1 Å². The summed E-state index contributed by atoms with van der Waals surface area (Å²) < 4.78 is 15.9. The summed E-state index contributed by atoms with van der Waals surface area (Å²) in [6, 6.07) is 5.38. The van der Waals surface area contributed by atoms with Gasteiger partial charge in [-0.2, -0.15) is 4.98 Å². The molecule has 0 spiro atoms. The molecule has 1 amide bonds. The zero-order chi connectivity index (χ0) is 23.9. The molecule has 1 aromatic carbocycles. The van der Waals surface area contributed by atoms with Crippen molar-refractivity contribution < 1.29 is 14.3 Å². The highest BCUT2D eigenvalue weighted by Gasteiger charge is 2.29. The van der Waals surface area contributed by atoms with E-state index in [1.54, 1.807) is 17.9 Å². The molecule has 4 rings (SSSR count). The molecule has 1 aliphatic heterocycles. The van der Waals surface area contributed by atoms with Gasteiger partial charge in [0, 0.05) is 32.2 Å². The van der Waals surface area contributed by atoms with Crippen LogP contribution in [0.1, 0.15) is 13.8 Å². The highest BCUT2D eigenvalue weighted by molar-refractivity contribution is 6.34. The molecule has 1 aliphatic rings. The van der Waals surface area contributed by atoms with Gasteiger partial charge in [-0.15, -0.1) is 0 Å². The van der Waals surface area contributed by atoms with Gasteiger partial charge >= 0.3 is 5.69 Å². The minimum absolute atomic E-state index is 0.0352. The van der Waals surface area contributed by atoms with Crippen molar-refractivity contribution in [3.8, 4) is 17.0 Å². The van der Waals surface area contributed by atoms with E-state index in [2.05, 4.69) is 16.5 Å². The molecule has 2 aromatic heterocycles. The lowest BCUT2D eigenvalue weighted by atomic mass is 10.1. The number of amides is 1. The number of halogens is 2. The van der Waals surface area contributed by atoms with Crippen LogP contribution in [0.15, 0.2) is 41.7 Å². The molecular weight excluding hydrogens is 449 g/mol. The van der Waals surface area contributed by atoms with Crippen molar-refractivity contribution >= 4 is 34.4 Å². The quantitative estimate of drug-likeness (QED) is 0.587. The molecule has 33 heavy (non-hydrogen) atoms. The van der Waals surface area contributed by atoms with Crippen LogP contribution in [0.25, 0.3) is 22.3 Å². The number of phenols is 1. The first-order chi connectivity index (χ1) is 15.8. The lowest BCUT2D eigenvalue weighted by Gasteiger charge is -2.40. The van der Waals surface area contributed by atoms with Gasteiger partial charge in [0.1, 0.15) is 23.0 Å². The zero-order valence-electron chi connectivity index (χ0n) is 18.3. The van der Waals surface area contributed by atoms with E-state index >= 15 is 0 Å². The first-order valence-electron chi connectivity index (χ1n) is 10.5. The van der Waals surface area contributed by atoms with Crippen LogP contribution in [0.3, 0.4) is 0 Å². The average Bonchev–Trinajstić information content (AvgIpc) is 2.78. The summed E-state index contributed by atoms with van der Waals surface area (Å²) in [7, 11) is 0. The summed E-state index contributed by atoms with van der Waals surface area (Å²) in [5.41, 5.74) is -0.322. The topological polar surface area (TPSA) is 91.6 Å². The number of carbonyl (C=O) groups excluding carboxylic acids is 1. The fourth-order valence-corrected chi connectivity index (χ4v) is 4.43. The Kier molecular flexibility index (Phi) is 6.07. The van der Waals surface area contributed by atoms with Crippen LogP contribution in [0, 0.1) is 5.82 Å². The minimum atomic E-state index is -0.681. The third-order valence-electron chi connectivity index (χ3n) is 5.82. The highest BCUT2D eigenvalue weighted by atomic mass is 35.5. The van der Waals surface area contributed by atoms with E-state index in [1.807, 2.05) is 11.8 Å². The lowest BCUT2D eigenvalue weighted by Crippen LogP contribution is -2.54. The van der Waals surface area contributed by atoms with Crippen molar-refractivity contribution in [3.05, 3.63) is 58.2 Å². The second-order valence-corrected chi connectivity index (χ2v) is 8.22. The number of fused-ring (bicyclic) bond motifs is 1. The van der Waals surface area contributed by atoms with Gasteiger partial charge in [-0.25, -0.2) is 14.2 Å². The molecular formula is C23H23ClFN5O3. The minimum Gasteiger partial charge on any atom is -0.507 e. The fraction of sp³-hybridized carbons (Fsp3) is 0.304. The number of carbonyl (C=O) groups is 1. The van der Waals surface area contributed by atoms with Crippen LogP contribution >= 0.6 is 11.6 Å². The standard InChI is InChI=1S/C23H23ClFN5O3/c1-4-18(32)28-9-10-30(13(3)12-28)22-14-11-15(24)20(19-16(25)7-6-8-17(19)31)26-21(14)29(5-2)23(33)27-22/h4,6-8,11,13,31H,1,5,9-10,12H2,2-3H3/t13-/m0/s1. The number of anilines is 1. The van der Waals surface area contributed by atoms with Gasteiger partial charge in [0.2, 0.25) is 5.91 Å². The Morgan fingerprint density at radius 3 is 2.76 bits per heavy atom. The summed E-state index contributed by atoms with van der Waals surface area (Å²) in [6.07, 6.45) is 1.28. The van der Waals surface area contributed by atoms with Gasteiger partial charge in [-0.1, -0.05) is 24.2 Å². The first-order valence-corrected chi connectivity index (χ1v) is 10.9. The predicted octanol–water partition coefficient (Wildman–Crippen LogP) is 3.20. The summed E-state index contributed by atoms with van der Waals surface area (Å²) >= 11 is 6.51. The highest BCUT2D eigenvalue weighted by Crippen LogP contribution is 2.38. The third-order valence-corrected chi connectivity index (χ3v) is 6.10. The molecule has 1 N–H and O–H groups in total. The van der Waals surface area contributed by atoms with Crippen LogP contribution in [0.2, 0.25) is 5.02 Å². The van der Waals surface area contributed by atoms with Crippen LogP contribution in [0.4, 0.5) is 10.2 Å². The number of rotatable bonds is 4. The molecule has 0 radical (unpaired) electrons. The van der Waals surface area contributed by atoms with E-state index in [1.165, 1.54) is 28.8 Å². The Bertz CT molecular complexity index is 1310. The number of aromatic hydroxyl groups is 1. The zero-order valence-corrected chi connectivity index (χ0v) is 19.0. The van der Waals surface area contributed by atoms with Gasteiger partial charge in [-0.05, 0) is 38.1 Å². The largest absolute Gasteiger partial charge is 0.507 e. The van der Waals surface area contributed by atoms with Crippen molar-refractivity contribution in [1.29, 1.82) is 0 Å². The van der Waals surface area contributed by atoms with Gasteiger partial charge in [0.15, 0.2) is 0 Å². The Hall–Kier alpha value is -3.46. The van der Waals surface area contributed by atoms with E-state index in [-0.39, 0.29) is 46.2 Å². The van der Waals surface area contributed by atoms with Crippen molar-refractivity contribution in [1.82, 2.24) is 19.4 Å². The molecule has 1 saturated heterocycles. The first kappa shape index (κ1) is 22.7. The predicted molar refractivity (Wildman–Crippen MR) is 125 cm³/mol. The second kappa shape index (κ2) is 8.82. The van der Waals surface area contributed by atoms with E-state index in [0.29, 0.717) is 30.8 Å². The summed E-state index contributed by atoms with van der Waals surface area (Å²) in [4.78, 5) is 37.3. The Labute approximate surface area is 194 Å². The van der Waals surface area contributed by atoms with Crippen LogP contribution in [0.5, 0.6) is 5.75 Å². The molecule has 3 heterocycles. The van der Waals surface area contributed by atoms with Crippen LogP contribution < -0.4 is 10.6 Å². The van der Waals surface area contributed by atoms with Gasteiger partial charge in [-0.3, -0.25) is 9.36 Å². The SMILES string of the molecule is C=CC(=O)N1CCN(c2nc(=O)n(CC)c3nc(-c4c(O)cccc4F)c(Cl)cc23)[C@@H](C)C1. The third kappa shape index (κ3) is 3.93. The van der Waals surface area contributed by atoms with Gasteiger partial charge < -0.3 is 14.9 Å². The molecule has 0 unspecified atom stereocenters. The maximum absolute atomic E-state index is 14.5. The number of aromatic nitrogens is 3. The van der Waals surface area contributed by atoms with E-state index in [4.69, 9.17) is 11.6 Å². The van der Waals surface area contributed by atoms with Crippen molar-refractivity contribution in [3.63, 3.8) is 0 Å². The summed E-state index contributed by atoms with van der Waals surface area (Å²) in [6.45, 7) is 8.87. The molecule has 8 nitrogen and oxygen atoms in total. The maximum Gasteiger partial charge on any atom is 0.351 e. The number of pyridine rings is 1. The number of hydrogen-bond donors (Lipinski definition) is 1. The monoisotopic (exact) mass is 471 g/mol. The van der Waals surface area contributed by atoms with Crippen molar-refractivity contribution in [2.24, 2.45) is 0 Å². The fourth-order valence-electron chi connectivity index (χ4n) is 4.18. The number of piperazine rings is 1. The smallest absolute Gasteiger partial charge is 0.351 e. The van der Waals surface area contributed by atoms with Gasteiger partial charge in [0.05, 0.1) is 21.7 Å². The molecule has 3 aromatic rings. The second-order valence-electron chi connectivity index (χ2n) is 7.82. The molecule has 0 saturated carbocycles. The van der Waals surface area contributed by atoms with Crippen LogP contribution in [-0.2, 0) is 11.3 Å². The molecule has 0 aliphatic carbocycles.